The molecule has 0 spiro atoms. The largest absolute Gasteiger partial charge is 0.310 e. The minimum atomic E-state index is -0.150. The number of nitrogens with one attached hydrogen (secondary N) is 1. The molecule has 1 atom stereocenters. The summed E-state index contributed by atoms with van der Waals surface area (Å²) in [5.74, 6) is -0.150. The fourth-order valence-electron chi connectivity index (χ4n) is 2.30. The first-order valence-electron chi connectivity index (χ1n) is 6.72. The molecule has 0 aromatic heterocycles. The molecule has 0 aliphatic heterocycles. The molecule has 0 aliphatic carbocycles. The van der Waals surface area contributed by atoms with Crippen LogP contribution in [0.2, 0.25) is 0 Å². The van der Waals surface area contributed by atoms with Crippen molar-refractivity contribution >= 4 is 0 Å². The van der Waals surface area contributed by atoms with Gasteiger partial charge in [-0.15, -0.1) is 0 Å². The van der Waals surface area contributed by atoms with Crippen molar-refractivity contribution in [3.05, 3.63) is 59.4 Å². The van der Waals surface area contributed by atoms with E-state index in [0.717, 1.165) is 17.7 Å². The average Bonchev–Trinajstić information content (AvgIpc) is 2.42. The van der Waals surface area contributed by atoms with Crippen LogP contribution in [0.4, 0.5) is 4.39 Å². The van der Waals surface area contributed by atoms with Gasteiger partial charge in [-0.1, -0.05) is 43.3 Å². The van der Waals surface area contributed by atoms with Crippen molar-refractivity contribution < 1.29 is 4.39 Å². The fourth-order valence-corrected chi connectivity index (χ4v) is 2.30. The Morgan fingerprint density at radius 1 is 1.11 bits per heavy atom. The summed E-state index contributed by atoms with van der Waals surface area (Å²) in [5, 5.41) is 3.38. The van der Waals surface area contributed by atoms with Crippen LogP contribution in [-0.4, -0.2) is 6.54 Å². The maximum Gasteiger partial charge on any atom is 0.126 e. The van der Waals surface area contributed by atoms with Crippen molar-refractivity contribution in [2.75, 3.05) is 6.54 Å². The molecule has 19 heavy (non-hydrogen) atoms. The van der Waals surface area contributed by atoms with E-state index in [1.807, 2.05) is 13.0 Å². The van der Waals surface area contributed by atoms with Crippen LogP contribution in [0.15, 0.2) is 42.5 Å². The Labute approximate surface area is 114 Å². The van der Waals surface area contributed by atoms with Crippen LogP contribution in [0.3, 0.4) is 0 Å². The highest BCUT2D eigenvalue weighted by Crippen LogP contribution is 2.26. The molecule has 0 aliphatic rings. The first-order valence-corrected chi connectivity index (χ1v) is 6.72. The molecule has 1 unspecified atom stereocenters. The Hall–Kier alpha value is -1.67. The third-order valence-electron chi connectivity index (χ3n) is 3.50. The minimum Gasteiger partial charge on any atom is -0.310 e. The van der Waals surface area contributed by atoms with Crippen LogP contribution in [0.1, 0.15) is 31.0 Å². The molecule has 2 heteroatoms. The van der Waals surface area contributed by atoms with Gasteiger partial charge in [-0.25, -0.2) is 4.39 Å². The van der Waals surface area contributed by atoms with Crippen LogP contribution >= 0.6 is 0 Å². The Bertz CT molecular complexity index is 546. The molecular formula is C17H20FN. The normalized spacial score (nSPS) is 12.4. The lowest BCUT2D eigenvalue weighted by Gasteiger charge is -2.14. The third-order valence-corrected chi connectivity index (χ3v) is 3.50. The highest BCUT2D eigenvalue weighted by molar-refractivity contribution is 5.67. The summed E-state index contributed by atoms with van der Waals surface area (Å²) in [6.45, 7) is 7.01. The van der Waals surface area contributed by atoms with Gasteiger partial charge in [0.05, 0.1) is 0 Å². The van der Waals surface area contributed by atoms with Gasteiger partial charge < -0.3 is 5.32 Å². The second-order valence-corrected chi connectivity index (χ2v) is 4.81. The molecule has 0 saturated heterocycles. The number of benzene rings is 2. The van der Waals surface area contributed by atoms with E-state index >= 15 is 0 Å². The van der Waals surface area contributed by atoms with Crippen molar-refractivity contribution in [1.29, 1.82) is 0 Å². The topological polar surface area (TPSA) is 12.0 Å². The predicted octanol–water partition coefficient (Wildman–Crippen LogP) is 4.47. The molecular weight excluding hydrogens is 237 g/mol. The van der Waals surface area contributed by atoms with Gasteiger partial charge in [0.2, 0.25) is 0 Å². The lowest BCUT2D eigenvalue weighted by molar-refractivity contribution is 0.598. The summed E-state index contributed by atoms with van der Waals surface area (Å²) in [6.07, 6.45) is 0. The van der Waals surface area contributed by atoms with Crippen LogP contribution in [-0.2, 0) is 0 Å². The quantitative estimate of drug-likeness (QED) is 0.852. The van der Waals surface area contributed by atoms with E-state index in [-0.39, 0.29) is 5.82 Å². The zero-order chi connectivity index (χ0) is 13.8. The van der Waals surface area contributed by atoms with E-state index in [1.54, 1.807) is 6.07 Å². The maximum absolute atomic E-state index is 13.6. The lowest BCUT2D eigenvalue weighted by atomic mass is 9.98. The first-order chi connectivity index (χ1) is 9.13. The van der Waals surface area contributed by atoms with Crippen LogP contribution in [0, 0.1) is 12.7 Å². The SMILES string of the molecule is CCNC(C)c1ccc(-c2cccc(F)c2C)cc1. The highest BCUT2D eigenvalue weighted by atomic mass is 19.1. The van der Waals surface area contributed by atoms with E-state index in [4.69, 9.17) is 0 Å². The van der Waals surface area contributed by atoms with Gasteiger partial charge in [-0.3, -0.25) is 0 Å². The van der Waals surface area contributed by atoms with Gasteiger partial charge >= 0.3 is 0 Å². The van der Waals surface area contributed by atoms with E-state index in [0.29, 0.717) is 11.6 Å². The Morgan fingerprint density at radius 2 is 1.79 bits per heavy atom. The summed E-state index contributed by atoms with van der Waals surface area (Å²) < 4.78 is 13.6. The summed E-state index contributed by atoms with van der Waals surface area (Å²) in [5.41, 5.74) is 3.97. The van der Waals surface area contributed by atoms with Gasteiger partial charge in [0.25, 0.3) is 0 Å². The lowest BCUT2D eigenvalue weighted by Crippen LogP contribution is -2.17. The second kappa shape index (κ2) is 5.98. The Morgan fingerprint density at radius 3 is 2.42 bits per heavy atom. The predicted molar refractivity (Wildman–Crippen MR) is 78.7 cm³/mol. The molecule has 0 fully saturated rings. The molecule has 2 aromatic rings. The standard InChI is InChI=1S/C17H20FN/c1-4-19-13(3)14-8-10-15(11-9-14)16-6-5-7-17(18)12(16)2/h5-11,13,19H,4H2,1-3H3. The summed E-state index contributed by atoms with van der Waals surface area (Å²) in [7, 11) is 0. The van der Waals surface area contributed by atoms with Crippen molar-refractivity contribution in [3.8, 4) is 11.1 Å². The second-order valence-electron chi connectivity index (χ2n) is 4.81. The zero-order valence-corrected chi connectivity index (χ0v) is 11.7. The maximum atomic E-state index is 13.6. The molecule has 1 N–H and O–H groups in total. The molecule has 0 heterocycles. The van der Waals surface area contributed by atoms with Crippen LogP contribution < -0.4 is 5.32 Å². The van der Waals surface area contributed by atoms with Gasteiger partial charge in [-0.05, 0) is 48.7 Å². The fraction of sp³-hybridized carbons (Fsp3) is 0.294. The molecule has 2 rings (SSSR count). The van der Waals surface area contributed by atoms with Crippen molar-refractivity contribution in [2.24, 2.45) is 0 Å². The number of hydrogen-bond donors (Lipinski definition) is 1. The van der Waals surface area contributed by atoms with Crippen molar-refractivity contribution in [2.45, 2.75) is 26.8 Å². The third kappa shape index (κ3) is 3.02. The molecule has 0 radical (unpaired) electrons. The molecule has 2 aromatic carbocycles. The van der Waals surface area contributed by atoms with Gasteiger partial charge in [0.1, 0.15) is 5.82 Å². The average molecular weight is 257 g/mol. The van der Waals surface area contributed by atoms with E-state index in [1.165, 1.54) is 11.6 Å². The number of rotatable bonds is 4. The smallest absolute Gasteiger partial charge is 0.126 e. The van der Waals surface area contributed by atoms with Crippen molar-refractivity contribution in [1.82, 2.24) is 5.32 Å². The van der Waals surface area contributed by atoms with E-state index < -0.39 is 0 Å². The molecule has 0 saturated carbocycles. The summed E-state index contributed by atoms with van der Waals surface area (Å²) in [4.78, 5) is 0. The Kier molecular flexibility index (Phi) is 4.33. The van der Waals surface area contributed by atoms with Crippen LogP contribution in [0.25, 0.3) is 11.1 Å². The Balaban J connectivity index is 2.30. The highest BCUT2D eigenvalue weighted by Gasteiger charge is 2.07. The first kappa shape index (κ1) is 13.8. The van der Waals surface area contributed by atoms with E-state index in [2.05, 4.69) is 43.4 Å². The molecule has 100 valence electrons. The van der Waals surface area contributed by atoms with Crippen molar-refractivity contribution in [3.63, 3.8) is 0 Å². The van der Waals surface area contributed by atoms with Crippen LogP contribution in [0.5, 0.6) is 0 Å². The molecule has 1 nitrogen and oxygen atoms in total. The van der Waals surface area contributed by atoms with Gasteiger partial charge in [-0.2, -0.15) is 0 Å². The van der Waals surface area contributed by atoms with Gasteiger partial charge in [0.15, 0.2) is 0 Å². The summed E-state index contributed by atoms with van der Waals surface area (Å²) >= 11 is 0. The molecule has 0 bridgehead atoms. The minimum absolute atomic E-state index is 0.150. The molecule has 0 amide bonds. The summed E-state index contributed by atoms with van der Waals surface area (Å²) in [6, 6.07) is 13.9. The number of hydrogen-bond acceptors (Lipinski definition) is 1. The number of halogens is 1. The monoisotopic (exact) mass is 257 g/mol. The van der Waals surface area contributed by atoms with E-state index in [9.17, 15) is 4.39 Å². The zero-order valence-electron chi connectivity index (χ0n) is 11.7. The van der Waals surface area contributed by atoms with Gasteiger partial charge in [0, 0.05) is 6.04 Å².